The topological polar surface area (TPSA) is 56.1 Å². The quantitative estimate of drug-likeness (QED) is 0.906. The number of benzene rings is 2. The highest BCUT2D eigenvalue weighted by Gasteiger charge is 2.52. The first-order valence-electron chi connectivity index (χ1n) is 7.30. The second-order valence-electron chi connectivity index (χ2n) is 5.46. The van der Waals surface area contributed by atoms with Gasteiger partial charge in [-0.25, -0.2) is 5.01 Å². The molecule has 0 saturated carbocycles. The molecule has 3 unspecified atom stereocenters. The van der Waals surface area contributed by atoms with Gasteiger partial charge in [0.25, 0.3) is 0 Å². The summed E-state index contributed by atoms with van der Waals surface area (Å²) in [6.45, 7) is 0. The highest BCUT2D eigenvalue weighted by atomic mass is 19.4. The molecule has 2 aromatic rings. The standard InChI is InChI=1S/C17H15F3N2O2/c18-17(19,20)15-13(14(23)11-7-3-1-4-8-11)16(24)22(21-15)12-9-5-2-6-10-12/h1-10,13-14,16,23-24H. The zero-order valence-electron chi connectivity index (χ0n) is 12.4. The Bertz CT molecular complexity index is 720. The SMILES string of the molecule is OC(c1ccccc1)C1C(C(F)(F)F)=NN(c2ccccc2)C1O. The fourth-order valence-corrected chi connectivity index (χ4v) is 2.74. The van der Waals surface area contributed by atoms with E-state index in [4.69, 9.17) is 0 Å². The summed E-state index contributed by atoms with van der Waals surface area (Å²) in [5.74, 6) is -1.60. The Kier molecular flexibility index (Phi) is 4.29. The molecule has 126 valence electrons. The molecule has 1 heterocycles. The molecule has 1 aliphatic rings. The van der Waals surface area contributed by atoms with Crippen LogP contribution >= 0.6 is 0 Å². The molecular weight excluding hydrogens is 321 g/mol. The van der Waals surface area contributed by atoms with Crippen molar-refractivity contribution in [3.8, 4) is 0 Å². The Balaban J connectivity index is 2.00. The molecule has 1 aliphatic heterocycles. The van der Waals surface area contributed by atoms with E-state index in [1.807, 2.05) is 0 Å². The zero-order valence-corrected chi connectivity index (χ0v) is 12.4. The third-order valence-corrected chi connectivity index (χ3v) is 3.90. The molecule has 0 radical (unpaired) electrons. The lowest BCUT2D eigenvalue weighted by Crippen LogP contribution is -2.40. The molecule has 0 spiro atoms. The van der Waals surface area contributed by atoms with Crippen LogP contribution in [0.2, 0.25) is 0 Å². The molecule has 0 saturated heterocycles. The van der Waals surface area contributed by atoms with Crippen molar-refractivity contribution in [1.29, 1.82) is 0 Å². The van der Waals surface area contributed by atoms with Crippen molar-refractivity contribution >= 4 is 11.4 Å². The van der Waals surface area contributed by atoms with Gasteiger partial charge in [-0.05, 0) is 17.7 Å². The fourth-order valence-electron chi connectivity index (χ4n) is 2.74. The van der Waals surface area contributed by atoms with E-state index in [2.05, 4.69) is 5.10 Å². The Labute approximate surface area is 136 Å². The number of para-hydroxylation sites is 1. The maximum absolute atomic E-state index is 13.4. The molecule has 4 nitrogen and oxygen atoms in total. The summed E-state index contributed by atoms with van der Waals surface area (Å²) in [5.41, 5.74) is -0.599. The lowest BCUT2D eigenvalue weighted by Gasteiger charge is -2.27. The molecule has 0 bridgehead atoms. The van der Waals surface area contributed by atoms with Gasteiger partial charge in [-0.1, -0.05) is 48.5 Å². The molecule has 0 aromatic heterocycles. The molecular formula is C17H15F3N2O2. The van der Waals surface area contributed by atoms with Crippen LogP contribution in [-0.2, 0) is 0 Å². The minimum Gasteiger partial charge on any atom is -0.388 e. The summed E-state index contributed by atoms with van der Waals surface area (Å²) >= 11 is 0. The minimum atomic E-state index is -4.76. The van der Waals surface area contributed by atoms with Crippen molar-refractivity contribution in [2.75, 3.05) is 5.01 Å². The number of rotatable bonds is 3. The minimum absolute atomic E-state index is 0.286. The molecule has 2 N–H and O–H groups in total. The van der Waals surface area contributed by atoms with Crippen LogP contribution in [0.1, 0.15) is 11.7 Å². The van der Waals surface area contributed by atoms with Gasteiger partial charge in [0.15, 0.2) is 11.9 Å². The molecule has 7 heteroatoms. The number of halogens is 3. The van der Waals surface area contributed by atoms with E-state index in [1.165, 1.54) is 24.3 Å². The van der Waals surface area contributed by atoms with Crippen molar-refractivity contribution in [2.45, 2.75) is 18.5 Å². The van der Waals surface area contributed by atoms with Gasteiger partial charge in [-0.3, -0.25) is 0 Å². The van der Waals surface area contributed by atoms with Gasteiger partial charge in [0.2, 0.25) is 0 Å². The van der Waals surface area contributed by atoms with Crippen molar-refractivity contribution in [2.24, 2.45) is 11.0 Å². The van der Waals surface area contributed by atoms with Crippen LogP contribution < -0.4 is 5.01 Å². The van der Waals surface area contributed by atoms with Crippen LogP contribution in [0.4, 0.5) is 18.9 Å². The van der Waals surface area contributed by atoms with Crippen molar-refractivity contribution in [3.05, 3.63) is 66.2 Å². The van der Waals surface area contributed by atoms with Crippen LogP contribution in [0.3, 0.4) is 0 Å². The first-order valence-corrected chi connectivity index (χ1v) is 7.30. The third kappa shape index (κ3) is 3.00. The van der Waals surface area contributed by atoms with Crippen LogP contribution in [0, 0.1) is 5.92 Å². The smallest absolute Gasteiger partial charge is 0.388 e. The van der Waals surface area contributed by atoms with E-state index in [-0.39, 0.29) is 5.56 Å². The number of anilines is 1. The number of alkyl halides is 3. The van der Waals surface area contributed by atoms with Gasteiger partial charge in [0.1, 0.15) is 0 Å². The predicted molar refractivity (Wildman–Crippen MR) is 83.3 cm³/mol. The molecule has 2 aromatic carbocycles. The Morgan fingerprint density at radius 3 is 2.04 bits per heavy atom. The normalized spacial score (nSPS) is 22.4. The predicted octanol–water partition coefficient (Wildman–Crippen LogP) is 3.09. The summed E-state index contributed by atoms with van der Waals surface area (Å²) in [4.78, 5) is 0. The fraction of sp³-hybridized carbons (Fsp3) is 0.235. The van der Waals surface area contributed by atoms with Crippen molar-refractivity contribution in [3.63, 3.8) is 0 Å². The number of nitrogens with zero attached hydrogens (tertiary/aromatic N) is 2. The molecule has 24 heavy (non-hydrogen) atoms. The van der Waals surface area contributed by atoms with Crippen molar-refractivity contribution in [1.82, 2.24) is 0 Å². The lowest BCUT2D eigenvalue weighted by molar-refractivity contribution is -0.0692. The van der Waals surface area contributed by atoms with E-state index in [1.54, 1.807) is 36.4 Å². The van der Waals surface area contributed by atoms with Gasteiger partial charge < -0.3 is 10.2 Å². The molecule has 0 amide bonds. The van der Waals surface area contributed by atoms with E-state index in [0.717, 1.165) is 5.01 Å². The Morgan fingerprint density at radius 1 is 0.958 bits per heavy atom. The number of aliphatic hydroxyl groups is 2. The van der Waals surface area contributed by atoms with Crippen LogP contribution in [0.25, 0.3) is 0 Å². The lowest BCUT2D eigenvalue weighted by atomic mass is 9.90. The largest absolute Gasteiger partial charge is 0.431 e. The molecule has 0 aliphatic carbocycles. The number of hydrogen-bond acceptors (Lipinski definition) is 4. The first kappa shape index (κ1) is 16.5. The third-order valence-electron chi connectivity index (χ3n) is 3.90. The Morgan fingerprint density at radius 2 is 1.50 bits per heavy atom. The maximum Gasteiger partial charge on any atom is 0.431 e. The average Bonchev–Trinajstić information content (AvgIpc) is 2.93. The molecule has 3 atom stereocenters. The van der Waals surface area contributed by atoms with E-state index in [0.29, 0.717) is 5.69 Å². The van der Waals surface area contributed by atoms with E-state index < -0.39 is 30.1 Å². The number of aliphatic hydroxyl groups excluding tert-OH is 2. The summed E-state index contributed by atoms with van der Waals surface area (Å²) in [5, 5.41) is 25.3. The van der Waals surface area contributed by atoms with Gasteiger partial charge in [-0.15, -0.1) is 0 Å². The number of hydrogen-bond donors (Lipinski definition) is 2. The van der Waals surface area contributed by atoms with E-state index in [9.17, 15) is 23.4 Å². The summed E-state index contributed by atoms with van der Waals surface area (Å²) in [7, 11) is 0. The van der Waals surface area contributed by atoms with Crippen molar-refractivity contribution < 1.29 is 23.4 Å². The highest BCUT2D eigenvalue weighted by molar-refractivity contribution is 5.95. The van der Waals surface area contributed by atoms with Crippen LogP contribution in [-0.4, -0.2) is 28.3 Å². The molecule has 3 rings (SSSR count). The molecule has 0 fully saturated rings. The Hall–Kier alpha value is -2.38. The second kappa shape index (κ2) is 6.26. The van der Waals surface area contributed by atoms with E-state index >= 15 is 0 Å². The monoisotopic (exact) mass is 336 g/mol. The number of hydrazone groups is 1. The summed E-state index contributed by atoms with van der Waals surface area (Å²) in [6.07, 6.45) is -7.92. The van der Waals surface area contributed by atoms with Crippen LogP contribution in [0.5, 0.6) is 0 Å². The second-order valence-corrected chi connectivity index (χ2v) is 5.46. The maximum atomic E-state index is 13.4. The first-order chi connectivity index (χ1) is 11.4. The highest BCUT2D eigenvalue weighted by Crippen LogP contribution is 2.40. The van der Waals surface area contributed by atoms with Gasteiger partial charge >= 0.3 is 6.18 Å². The van der Waals surface area contributed by atoms with Gasteiger partial charge in [-0.2, -0.15) is 18.3 Å². The zero-order chi connectivity index (χ0) is 17.3. The van der Waals surface area contributed by atoms with Gasteiger partial charge in [0, 0.05) is 0 Å². The summed E-state index contributed by atoms with van der Waals surface area (Å²) < 4.78 is 40.1. The average molecular weight is 336 g/mol. The van der Waals surface area contributed by atoms with Crippen LogP contribution in [0.15, 0.2) is 65.8 Å². The summed E-state index contributed by atoms with van der Waals surface area (Å²) in [6, 6.07) is 16.0. The van der Waals surface area contributed by atoms with Gasteiger partial charge in [0.05, 0.1) is 17.7 Å².